The summed E-state index contributed by atoms with van der Waals surface area (Å²) >= 11 is 5.57. The number of hydrogen-bond donors (Lipinski definition) is 1. The number of ether oxygens (including phenoxy) is 1. The monoisotopic (exact) mass is 472 g/mol. The van der Waals surface area contributed by atoms with E-state index in [0.717, 1.165) is 13.6 Å². The second-order valence-corrected chi connectivity index (χ2v) is 6.66. The lowest BCUT2D eigenvalue weighted by molar-refractivity contribution is -0.127. The number of hydrogen-bond acceptors (Lipinski definition) is 3. The third-order valence-electron chi connectivity index (χ3n) is 2.73. The topological polar surface area (TPSA) is 50.7 Å². The smallest absolute Gasteiger partial charge is 0.280 e. The van der Waals surface area contributed by atoms with Gasteiger partial charge in [-0.2, -0.15) is 5.10 Å². The lowest BCUT2D eigenvalue weighted by atomic mass is 10.2. The second kappa shape index (κ2) is 8.28. The molecule has 1 amide bonds. The van der Waals surface area contributed by atoms with Gasteiger partial charge in [-0.1, -0.05) is 28.1 Å². The van der Waals surface area contributed by atoms with E-state index in [-0.39, 0.29) is 5.91 Å². The maximum absolute atomic E-state index is 11.9. The molecule has 1 unspecified atom stereocenters. The van der Waals surface area contributed by atoms with Gasteiger partial charge in [0.15, 0.2) is 6.10 Å². The maximum atomic E-state index is 11.9. The Kier molecular flexibility index (Phi) is 6.38. The number of amides is 1. The van der Waals surface area contributed by atoms with Gasteiger partial charge < -0.3 is 4.74 Å². The Morgan fingerprint density at radius 2 is 2.05 bits per heavy atom. The number of nitrogens with zero attached hydrogens (tertiary/aromatic N) is 1. The van der Waals surface area contributed by atoms with Gasteiger partial charge in [-0.15, -0.1) is 0 Å². The van der Waals surface area contributed by atoms with Gasteiger partial charge in [0.05, 0.1) is 6.21 Å². The SMILES string of the molecule is CC(Oc1ccc(Br)cc1)C(=O)NN=Cc1cccc(I)c1. The van der Waals surface area contributed by atoms with E-state index in [1.165, 1.54) is 0 Å². The molecule has 114 valence electrons. The Hall–Kier alpha value is -1.41. The first-order chi connectivity index (χ1) is 10.5. The van der Waals surface area contributed by atoms with Crippen molar-refractivity contribution in [2.24, 2.45) is 5.10 Å². The first kappa shape index (κ1) is 17.0. The lowest BCUT2D eigenvalue weighted by Gasteiger charge is -2.12. The standard InChI is InChI=1S/C16H14BrIN2O2/c1-11(22-15-7-5-13(17)6-8-15)16(21)20-19-10-12-3-2-4-14(18)9-12/h2-11H,1H3,(H,20,21). The minimum Gasteiger partial charge on any atom is -0.481 e. The molecule has 6 heteroatoms. The summed E-state index contributed by atoms with van der Waals surface area (Å²) in [5.41, 5.74) is 3.40. The average molecular weight is 473 g/mol. The van der Waals surface area contributed by atoms with Crippen molar-refractivity contribution in [2.75, 3.05) is 0 Å². The molecule has 2 rings (SSSR count). The second-order valence-electron chi connectivity index (χ2n) is 4.50. The van der Waals surface area contributed by atoms with E-state index in [1.807, 2.05) is 36.4 Å². The average Bonchev–Trinajstić information content (AvgIpc) is 2.49. The van der Waals surface area contributed by atoms with Crippen LogP contribution in [0.15, 0.2) is 58.1 Å². The first-order valence-corrected chi connectivity index (χ1v) is 8.42. The fourth-order valence-electron chi connectivity index (χ4n) is 1.62. The van der Waals surface area contributed by atoms with Crippen LogP contribution in [0.2, 0.25) is 0 Å². The zero-order chi connectivity index (χ0) is 15.9. The zero-order valence-electron chi connectivity index (χ0n) is 11.8. The van der Waals surface area contributed by atoms with Crippen molar-refractivity contribution in [1.82, 2.24) is 5.43 Å². The van der Waals surface area contributed by atoms with E-state index < -0.39 is 6.10 Å². The van der Waals surface area contributed by atoms with Crippen LogP contribution in [-0.2, 0) is 4.79 Å². The van der Waals surface area contributed by atoms with Gasteiger partial charge in [-0.3, -0.25) is 4.79 Å². The number of benzene rings is 2. The summed E-state index contributed by atoms with van der Waals surface area (Å²) in [7, 11) is 0. The number of hydrazone groups is 1. The van der Waals surface area contributed by atoms with Crippen LogP contribution < -0.4 is 10.2 Å². The Bertz CT molecular complexity index is 674. The highest BCUT2D eigenvalue weighted by atomic mass is 127. The number of halogens is 2. The molecule has 0 radical (unpaired) electrons. The van der Waals surface area contributed by atoms with Gasteiger partial charge in [0.25, 0.3) is 5.91 Å². The highest BCUT2D eigenvalue weighted by Crippen LogP contribution is 2.17. The minimum atomic E-state index is -0.630. The predicted octanol–water partition coefficient (Wildman–Crippen LogP) is 3.97. The minimum absolute atomic E-state index is 0.301. The largest absolute Gasteiger partial charge is 0.481 e. The van der Waals surface area contributed by atoms with Crippen molar-refractivity contribution in [3.63, 3.8) is 0 Å². The van der Waals surface area contributed by atoms with Gasteiger partial charge in [0, 0.05) is 8.04 Å². The van der Waals surface area contributed by atoms with Crippen LogP contribution in [0.4, 0.5) is 0 Å². The van der Waals surface area contributed by atoms with Gasteiger partial charge in [0.2, 0.25) is 0 Å². The van der Waals surface area contributed by atoms with Gasteiger partial charge in [-0.05, 0) is 71.5 Å². The summed E-state index contributed by atoms with van der Waals surface area (Å²) in [5, 5.41) is 3.94. The molecular formula is C16H14BrIN2O2. The molecule has 0 fully saturated rings. The van der Waals surface area contributed by atoms with E-state index >= 15 is 0 Å². The molecule has 1 N–H and O–H groups in total. The van der Waals surface area contributed by atoms with E-state index in [2.05, 4.69) is 49.0 Å². The van der Waals surface area contributed by atoms with Crippen molar-refractivity contribution in [2.45, 2.75) is 13.0 Å². The Morgan fingerprint density at radius 1 is 1.32 bits per heavy atom. The molecule has 2 aromatic carbocycles. The molecule has 0 bridgehead atoms. The van der Waals surface area contributed by atoms with Gasteiger partial charge in [-0.25, -0.2) is 5.43 Å². The Balaban J connectivity index is 1.87. The summed E-state index contributed by atoms with van der Waals surface area (Å²) in [4.78, 5) is 11.9. The molecule has 0 heterocycles. The van der Waals surface area contributed by atoms with Crippen molar-refractivity contribution in [3.05, 3.63) is 62.1 Å². The zero-order valence-corrected chi connectivity index (χ0v) is 15.5. The first-order valence-electron chi connectivity index (χ1n) is 6.55. The van der Waals surface area contributed by atoms with Crippen molar-refractivity contribution in [3.8, 4) is 5.75 Å². The van der Waals surface area contributed by atoms with Crippen molar-refractivity contribution in [1.29, 1.82) is 0 Å². The van der Waals surface area contributed by atoms with Crippen LogP contribution in [-0.4, -0.2) is 18.2 Å². The molecule has 4 nitrogen and oxygen atoms in total. The fraction of sp³-hybridized carbons (Fsp3) is 0.125. The highest BCUT2D eigenvalue weighted by molar-refractivity contribution is 14.1. The van der Waals surface area contributed by atoms with E-state index in [9.17, 15) is 4.79 Å². The number of carbonyl (C=O) groups is 1. The third-order valence-corrected chi connectivity index (χ3v) is 3.93. The molecule has 0 aliphatic heterocycles. The molecule has 1 atom stereocenters. The predicted molar refractivity (Wildman–Crippen MR) is 99.1 cm³/mol. The molecule has 0 aromatic heterocycles. The van der Waals surface area contributed by atoms with Crippen LogP contribution in [0, 0.1) is 3.57 Å². The normalized spacial score (nSPS) is 12.1. The van der Waals surface area contributed by atoms with Gasteiger partial charge >= 0.3 is 0 Å². The molecule has 0 saturated carbocycles. The molecule has 22 heavy (non-hydrogen) atoms. The number of nitrogens with one attached hydrogen (secondary N) is 1. The summed E-state index contributed by atoms with van der Waals surface area (Å²) in [6.07, 6.45) is 0.973. The summed E-state index contributed by atoms with van der Waals surface area (Å²) in [5.74, 6) is 0.331. The molecule has 0 aliphatic carbocycles. The van der Waals surface area contributed by atoms with Gasteiger partial charge in [0.1, 0.15) is 5.75 Å². The molecular weight excluding hydrogens is 459 g/mol. The van der Waals surface area contributed by atoms with Crippen LogP contribution in [0.3, 0.4) is 0 Å². The van der Waals surface area contributed by atoms with Crippen molar-refractivity contribution < 1.29 is 9.53 Å². The van der Waals surface area contributed by atoms with E-state index in [1.54, 1.807) is 25.3 Å². The van der Waals surface area contributed by atoms with Crippen LogP contribution in [0.25, 0.3) is 0 Å². The fourth-order valence-corrected chi connectivity index (χ4v) is 2.45. The number of rotatable bonds is 5. The molecule has 0 aliphatic rings. The van der Waals surface area contributed by atoms with Crippen LogP contribution in [0.5, 0.6) is 5.75 Å². The highest BCUT2D eigenvalue weighted by Gasteiger charge is 2.13. The molecule has 2 aromatic rings. The third kappa shape index (κ3) is 5.42. The summed E-state index contributed by atoms with van der Waals surface area (Å²) in [6.45, 7) is 1.68. The van der Waals surface area contributed by atoms with Crippen LogP contribution >= 0.6 is 38.5 Å². The van der Waals surface area contributed by atoms with Crippen molar-refractivity contribution >= 4 is 50.6 Å². The Morgan fingerprint density at radius 3 is 2.73 bits per heavy atom. The summed E-state index contributed by atoms with van der Waals surface area (Å²) < 4.78 is 7.61. The maximum Gasteiger partial charge on any atom is 0.280 e. The Labute approximate surface area is 151 Å². The van der Waals surface area contributed by atoms with E-state index in [0.29, 0.717) is 5.75 Å². The molecule has 0 spiro atoms. The summed E-state index contributed by atoms with van der Waals surface area (Å²) in [6, 6.07) is 15.1. The molecule has 0 saturated heterocycles. The lowest BCUT2D eigenvalue weighted by Crippen LogP contribution is -2.33. The quantitative estimate of drug-likeness (QED) is 0.406. The van der Waals surface area contributed by atoms with E-state index in [4.69, 9.17) is 4.74 Å². The number of carbonyl (C=O) groups excluding carboxylic acids is 1. The van der Waals surface area contributed by atoms with Crippen LogP contribution in [0.1, 0.15) is 12.5 Å².